The van der Waals surface area contributed by atoms with Crippen LogP contribution in [0, 0.1) is 0 Å². The molecular weight excluding hydrogens is 689 g/mol. The van der Waals surface area contributed by atoms with E-state index in [9.17, 15) is 19.0 Å². The monoisotopic (exact) mass is 770 g/mol. The predicted molar refractivity (Wildman–Crippen MR) is 220 cm³/mol. The summed E-state index contributed by atoms with van der Waals surface area (Å²) in [6.45, 7) is 3.69. The maximum Gasteiger partial charge on any atom is 0.472 e. The Kier molecular flexibility index (Phi) is 38.6. The van der Waals surface area contributed by atoms with E-state index in [2.05, 4.69) is 50.3 Å². The van der Waals surface area contributed by atoms with E-state index in [1.165, 1.54) is 89.9 Å². The number of phosphoric ester groups is 1. The van der Waals surface area contributed by atoms with Crippen molar-refractivity contribution in [3.63, 3.8) is 0 Å². The van der Waals surface area contributed by atoms with Gasteiger partial charge < -0.3 is 20.1 Å². The van der Waals surface area contributed by atoms with E-state index in [-0.39, 0.29) is 32.6 Å². The molecule has 0 aromatic rings. The van der Waals surface area contributed by atoms with Gasteiger partial charge in [0.1, 0.15) is 6.61 Å². The SMILES string of the molecule is CCCCCC=CCC=CCCCCCCCCCC(=O)OC[C@H](COP(=O)(O)OCCN)OC(=O)CCCCCCCC=CCCCCCCCC. The first-order valence-corrected chi connectivity index (χ1v) is 23.0. The molecule has 10 heteroatoms. The highest BCUT2D eigenvalue weighted by Crippen LogP contribution is 2.43. The van der Waals surface area contributed by atoms with Gasteiger partial charge in [-0.3, -0.25) is 18.6 Å². The molecule has 0 bridgehead atoms. The van der Waals surface area contributed by atoms with Crippen LogP contribution >= 0.6 is 7.82 Å². The summed E-state index contributed by atoms with van der Waals surface area (Å²) >= 11 is 0. The molecule has 0 radical (unpaired) electrons. The van der Waals surface area contributed by atoms with Crippen LogP contribution in [0.4, 0.5) is 0 Å². The molecule has 0 heterocycles. The number of allylic oxidation sites excluding steroid dienone is 6. The molecule has 9 nitrogen and oxygen atoms in total. The number of carbonyl (C=O) groups is 2. The lowest BCUT2D eigenvalue weighted by molar-refractivity contribution is -0.161. The molecule has 53 heavy (non-hydrogen) atoms. The van der Waals surface area contributed by atoms with Crippen LogP contribution in [0.5, 0.6) is 0 Å². The van der Waals surface area contributed by atoms with E-state index < -0.39 is 32.5 Å². The van der Waals surface area contributed by atoms with Crippen molar-refractivity contribution < 1.29 is 37.6 Å². The van der Waals surface area contributed by atoms with E-state index in [0.717, 1.165) is 70.6 Å². The molecule has 0 amide bonds. The second kappa shape index (κ2) is 39.9. The normalized spacial score (nSPS) is 13.7. The minimum atomic E-state index is -4.38. The number of hydrogen-bond donors (Lipinski definition) is 2. The summed E-state index contributed by atoms with van der Waals surface area (Å²) in [5.41, 5.74) is 5.34. The van der Waals surface area contributed by atoms with Crippen molar-refractivity contribution in [3.05, 3.63) is 36.5 Å². The lowest BCUT2D eigenvalue weighted by atomic mass is 10.1. The van der Waals surface area contributed by atoms with Gasteiger partial charge in [-0.25, -0.2) is 4.57 Å². The number of nitrogens with two attached hydrogens (primary N) is 1. The van der Waals surface area contributed by atoms with Gasteiger partial charge in [0.15, 0.2) is 6.10 Å². The first-order chi connectivity index (χ1) is 25.8. The zero-order valence-corrected chi connectivity index (χ0v) is 34.9. The molecule has 0 fully saturated rings. The number of esters is 2. The molecule has 0 spiro atoms. The fourth-order valence-corrected chi connectivity index (χ4v) is 6.54. The Balaban J connectivity index is 4.18. The standard InChI is InChI=1S/C43H80NO8P/c1-3-5-7-9-11-13-15-17-19-20-22-23-25-27-29-31-33-35-42(45)49-39-41(40-51-53(47,48)50-38-37-44)52-43(46)36-34-32-30-28-26-24-21-18-16-14-12-10-8-6-4-2/h11,13,17-19,21,41H,3-10,12,14-16,20,22-40,44H2,1-2H3,(H,47,48)/t41-/m1/s1. The molecule has 3 N–H and O–H groups in total. The summed E-state index contributed by atoms with van der Waals surface area (Å²) in [5.74, 6) is -0.846. The van der Waals surface area contributed by atoms with Crippen molar-refractivity contribution in [1.82, 2.24) is 0 Å². The minimum Gasteiger partial charge on any atom is -0.462 e. The van der Waals surface area contributed by atoms with Gasteiger partial charge in [0.2, 0.25) is 0 Å². The molecule has 0 saturated heterocycles. The van der Waals surface area contributed by atoms with Gasteiger partial charge in [0.05, 0.1) is 13.2 Å². The molecule has 0 saturated carbocycles. The lowest BCUT2D eigenvalue weighted by Crippen LogP contribution is -2.29. The highest BCUT2D eigenvalue weighted by atomic mass is 31.2. The molecule has 0 aliphatic heterocycles. The maximum absolute atomic E-state index is 12.6. The molecule has 0 aromatic heterocycles. The first-order valence-electron chi connectivity index (χ1n) is 21.5. The van der Waals surface area contributed by atoms with E-state index >= 15 is 0 Å². The number of phosphoric acid groups is 1. The van der Waals surface area contributed by atoms with Gasteiger partial charge >= 0.3 is 19.8 Å². The third-order valence-corrected chi connectivity index (χ3v) is 9.98. The van der Waals surface area contributed by atoms with Gasteiger partial charge in [-0.2, -0.15) is 0 Å². The maximum atomic E-state index is 12.6. The van der Waals surface area contributed by atoms with Crippen molar-refractivity contribution in [2.24, 2.45) is 5.73 Å². The van der Waals surface area contributed by atoms with E-state index in [1.54, 1.807) is 0 Å². The number of hydrogen-bond acceptors (Lipinski definition) is 8. The average Bonchev–Trinajstić information content (AvgIpc) is 3.14. The van der Waals surface area contributed by atoms with Crippen LogP contribution in [0.25, 0.3) is 0 Å². The van der Waals surface area contributed by atoms with Crippen LogP contribution in [0.3, 0.4) is 0 Å². The van der Waals surface area contributed by atoms with E-state index in [1.807, 2.05) is 0 Å². The quantitative estimate of drug-likeness (QED) is 0.0270. The molecule has 310 valence electrons. The third-order valence-electron chi connectivity index (χ3n) is 9.00. The number of rotatable bonds is 40. The molecule has 0 aliphatic carbocycles. The summed E-state index contributed by atoms with van der Waals surface area (Å²) < 4.78 is 32.7. The molecule has 0 rings (SSSR count). The number of unbranched alkanes of at least 4 members (excludes halogenated alkanes) is 21. The number of ether oxygens (including phenoxy) is 2. The van der Waals surface area contributed by atoms with Crippen molar-refractivity contribution in [1.29, 1.82) is 0 Å². The van der Waals surface area contributed by atoms with Crippen LogP contribution in [0.15, 0.2) is 36.5 Å². The van der Waals surface area contributed by atoms with Crippen molar-refractivity contribution >= 4 is 19.8 Å². The Hall–Kier alpha value is -1.77. The molecule has 1 unspecified atom stereocenters. The number of carbonyl (C=O) groups excluding carboxylic acids is 2. The molecular formula is C43H80NO8P. The summed E-state index contributed by atoms with van der Waals surface area (Å²) in [5, 5.41) is 0. The highest BCUT2D eigenvalue weighted by Gasteiger charge is 2.26. The van der Waals surface area contributed by atoms with Crippen LogP contribution < -0.4 is 5.73 Å². The van der Waals surface area contributed by atoms with Gasteiger partial charge in [0.25, 0.3) is 0 Å². The van der Waals surface area contributed by atoms with Crippen LogP contribution in [0.2, 0.25) is 0 Å². The average molecular weight is 770 g/mol. The van der Waals surface area contributed by atoms with Crippen molar-refractivity contribution in [2.75, 3.05) is 26.4 Å². The zero-order valence-electron chi connectivity index (χ0n) is 34.0. The second-order valence-corrected chi connectivity index (χ2v) is 15.7. The third kappa shape index (κ3) is 39.7. The lowest BCUT2D eigenvalue weighted by Gasteiger charge is -2.19. The van der Waals surface area contributed by atoms with Gasteiger partial charge in [-0.05, 0) is 70.6 Å². The highest BCUT2D eigenvalue weighted by molar-refractivity contribution is 7.47. The Morgan fingerprint density at radius 3 is 1.49 bits per heavy atom. The summed E-state index contributed by atoms with van der Waals surface area (Å²) in [6.07, 6.45) is 43.1. The van der Waals surface area contributed by atoms with Gasteiger partial charge in [0, 0.05) is 19.4 Å². The topological polar surface area (TPSA) is 134 Å². The van der Waals surface area contributed by atoms with Crippen LogP contribution in [-0.4, -0.2) is 49.3 Å². The van der Waals surface area contributed by atoms with E-state index in [4.69, 9.17) is 24.3 Å². The smallest absolute Gasteiger partial charge is 0.462 e. The Bertz CT molecular complexity index is 970. The second-order valence-electron chi connectivity index (χ2n) is 14.2. The van der Waals surface area contributed by atoms with Crippen molar-refractivity contribution in [2.45, 2.75) is 200 Å². The van der Waals surface area contributed by atoms with Gasteiger partial charge in [-0.15, -0.1) is 0 Å². The van der Waals surface area contributed by atoms with Crippen molar-refractivity contribution in [3.8, 4) is 0 Å². The summed E-state index contributed by atoms with van der Waals surface area (Å²) in [4.78, 5) is 34.8. The molecule has 2 atom stereocenters. The summed E-state index contributed by atoms with van der Waals surface area (Å²) in [6, 6.07) is 0. The first kappa shape index (κ1) is 51.2. The Morgan fingerprint density at radius 1 is 0.566 bits per heavy atom. The fraction of sp³-hybridized carbons (Fsp3) is 0.814. The van der Waals surface area contributed by atoms with E-state index in [0.29, 0.717) is 6.42 Å². The predicted octanol–water partition coefficient (Wildman–Crippen LogP) is 12.2. The molecule has 0 aliphatic rings. The zero-order chi connectivity index (χ0) is 38.9. The molecule has 0 aromatic carbocycles. The summed E-state index contributed by atoms with van der Waals surface area (Å²) in [7, 11) is -4.38. The largest absolute Gasteiger partial charge is 0.472 e. The fourth-order valence-electron chi connectivity index (χ4n) is 5.78. The van der Waals surface area contributed by atoms with Crippen LogP contribution in [0.1, 0.15) is 194 Å². The van der Waals surface area contributed by atoms with Crippen LogP contribution in [-0.2, 0) is 32.7 Å². The Morgan fingerprint density at radius 2 is 0.981 bits per heavy atom. The van der Waals surface area contributed by atoms with Gasteiger partial charge in [-0.1, -0.05) is 147 Å². The Labute approximate surface area is 324 Å². The minimum absolute atomic E-state index is 0.0507.